The molecule has 0 unspecified atom stereocenters. The molecule has 1 heterocycles. The minimum absolute atomic E-state index is 0.600. The van der Waals surface area contributed by atoms with Crippen molar-refractivity contribution in [2.24, 2.45) is 4.99 Å². The fourth-order valence-electron chi connectivity index (χ4n) is 3.76. The average Bonchev–Trinajstić information content (AvgIpc) is 2.85. The van der Waals surface area contributed by atoms with Gasteiger partial charge >= 0.3 is 0 Å². The molecule has 0 aromatic heterocycles. The quantitative estimate of drug-likeness (QED) is 0.348. The van der Waals surface area contributed by atoms with Gasteiger partial charge in [0.1, 0.15) is 5.75 Å². The van der Waals surface area contributed by atoms with E-state index in [9.17, 15) is 0 Å². The van der Waals surface area contributed by atoms with Crippen LogP contribution in [0.1, 0.15) is 18.1 Å². The van der Waals surface area contributed by atoms with Crippen molar-refractivity contribution in [1.29, 1.82) is 0 Å². The van der Waals surface area contributed by atoms with Crippen LogP contribution in [0.25, 0.3) is 0 Å². The lowest BCUT2D eigenvalue weighted by atomic mass is 10.1. The molecule has 2 aromatic carbocycles. The molecule has 1 N–H and O–H groups in total. The summed E-state index contributed by atoms with van der Waals surface area (Å²) in [6, 6.07) is 16.8. The van der Waals surface area contributed by atoms with E-state index in [1.165, 1.54) is 16.8 Å². The van der Waals surface area contributed by atoms with Gasteiger partial charge in [-0.3, -0.25) is 4.99 Å². The summed E-state index contributed by atoms with van der Waals surface area (Å²) in [5.41, 5.74) is 3.62. The molecule has 7 nitrogen and oxygen atoms in total. The van der Waals surface area contributed by atoms with E-state index in [0.29, 0.717) is 19.8 Å². The number of benzene rings is 2. The average molecular weight is 441 g/mol. The first-order valence-corrected chi connectivity index (χ1v) is 11.3. The second kappa shape index (κ2) is 12.9. The number of anilines is 1. The van der Waals surface area contributed by atoms with Gasteiger partial charge < -0.3 is 29.3 Å². The van der Waals surface area contributed by atoms with Crippen LogP contribution < -0.4 is 15.0 Å². The number of piperazine rings is 1. The molecule has 174 valence electrons. The fraction of sp³-hybridized carbons (Fsp3) is 0.480. The highest BCUT2D eigenvalue weighted by molar-refractivity contribution is 5.80. The smallest absolute Gasteiger partial charge is 0.194 e. The molecule has 3 rings (SSSR count). The number of guanidine groups is 1. The SMILES string of the molecule is CCOCCOCc1cccc(CNC(=NC)N2CCN(c3ccc(OC)cc3)CC2)c1. The molecule has 0 atom stereocenters. The van der Waals surface area contributed by atoms with E-state index in [0.717, 1.165) is 51.0 Å². The maximum atomic E-state index is 5.69. The Morgan fingerprint density at radius 1 is 0.969 bits per heavy atom. The lowest BCUT2D eigenvalue weighted by Gasteiger charge is -2.37. The summed E-state index contributed by atoms with van der Waals surface area (Å²) in [5.74, 6) is 1.83. The fourth-order valence-corrected chi connectivity index (χ4v) is 3.76. The van der Waals surface area contributed by atoms with Gasteiger partial charge in [0, 0.05) is 52.1 Å². The molecule has 1 fully saturated rings. The Bertz CT molecular complexity index is 833. The van der Waals surface area contributed by atoms with Crippen molar-refractivity contribution in [3.8, 4) is 5.75 Å². The number of nitrogens with one attached hydrogen (secondary N) is 1. The van der Waals surface area contributed by atoms with Crippen molar-refractivity contribution >= 4 is 11.6 Å². The van der Waals surface area contributed by atoms with Crippen molar-refractivity contribution in [1.82, 2.24) is 10.2 Å². The third-order valence-electron chi connectivity index (χ3n) is 5.52. The highest BCUT2D eigenvalue weighted by Crippen LogP contribution is 2.20. The molecule has 0 radical (unpaired) electrons. The normalized spacial score (nSPS) is 14.5. The Kier molecular flexibility index (Phi) is 9.65. The zero-order chi connectivity index (χ0) is 22.6. The molecule has 0 spiro atoms. The predicted molar refractivity (Wildman–Crippen MR) is 130 cm³/mol. The lowest BCUT2D eigenvalue weighted by Crippen LogP contribution is -2.52. The summed E-state index contributed by atoms with van der Waals surface area (Å²) in [6.45, 7) is 9.09. The maximum Gasteiger partial charge on any atom is 0.194 e. The van der Waals surface area contributed by atoms with Gasteiger partial charge in [0.25, 0.3) is 0 Å². The number of hydrogen-bond acceptors (Lipinski definition) is 5. The number of ether oxygens (including phenoxy) is 3. The van der Waals surface area contributed by atoms with Gasteiger partial charge in [-0.15, -0.1) is 0 Å². The number of methoxy groups -OCH3 is 1. The second-order valence-corrected chi connectivity index (χ2v) is 7.64. The first-order chi connectivity index (χ1) is 15.7. The van der Waals surface area contributed by atoms with Gasteiger partial charge in [0.15, 0.2) is 5.96 Å². The molecule has 0 amide bonds. The molecule has 0 saturated carbocycles. The summed E-state index contributed by atoms with van der Waals surface area (Å²) in [5, 5.41) is 3.52. The molecule has 1 aliphatic heterocycles. The van der Waals surface area contributed by atoms with Crippen LogP contribution in [0.15, 0.2) is 53.5 Å². The van der Waals surface area contributed by atoms with Gasteiger partial charge in [-0.05, 0) is 42.3 Å². The van der Waals surface area contributed by atoms with Crippen LogP contribution >= 0.6 is 0 Å². The van der Waals surface area contributed by atoms with E-state index in [4.69, 9.17) is 14.2 Å². The summed E-state index contributed by atoms with van der Waals surface area (Å²) < 4.78 is 16.3. The molecular weight excluding hydrogens is 404 g/mol. The topological polar surface area (TPSA) is 58.6 Å². The van der Waals surface area contributed by atoms with Crippen LogP contribution in [0.5, 0.6) is 5.75 Å². The summed E-state index contributed by atoms with van der Waals surface area (Å²) >= 11 is 0. The Labute approximate surface area is 192 Å². The van der Waals surface area contributed by atoms with Crippen LogP contribution in [-0.4, -0.2) is 71.0 Å². The van der Waals surface area contributed by atoms with Crippen molar-refractivity contribution < 1.29 is 14.2 Å². The Balaban J connectivity index is 1.45. The van der Waals surface area contributed by atoms with E-state index in [-0.39, 0.29) is 0 Å². The van der Waals surface area contributed by atoms with Crippen molar-refractivity contribution in [3.05, 3.63) is 59.7 Å². The van der Waals surface area contributed by atoms with E-state index in [2.05, 4.69) is 56.5 Å². The minimum atomic E-state index is 0.600. The largest absolute Gasteiger partial charge is 0.497 e. The molecule has 1 aliphatic rings. The molecule has 32 heavy (non-hydrogen) atoms. The monoisotopic (exact) mass is 440 g/mol. The maximum absolute atomic E-state index is 5.69. The van der Waals surface area contributed by atoms with Crippen molar-refractivity contribution in [3.63, 3.8) is 0 Å². The Morgan fingerprint density at radius 2 is 1.69 bits per heavy atom. The van der Waals surface area contributed by atoms with E-state index >= 15 is 0 Å². The van der Waals surface area contributed by atoms with Gasteiger partial charge in [-0.2, -0.15) is 0 Å². The van der Waals surface area contributed by atoms with Gasteiger partial charge in [-0.1, -0.05) is 24.3 Å². The van der Waals surface area contributed by atoms with Gasteiger partial charge in [0.05, 0.1) is 26.9 Å². The highest BCUT2D eigenvalue weighted by Gasteiger charge is 2.19. The number of rotatable bonds is 10. The molecular formula is C25H36N4O3. The Hall–Kier alpha value is -2.77. The van der Waals surface area contributed by atoms with Gasteiger partial charge in [-0.25, -0.2) is 0 Å². The van der Waals surface area contributed by atoms with Crippen LogP contribution in [0, 0.1) is 0 Å². The lowest BCUT2D eigenvalue weighted by molar-refractivity contribution is 0.0453. The minimum Gasteiger partial charge on any atom is -0.497 e. The molecule has 2 aromatic rings. The highest BCUT2D eigenvalue weighted by atomic mass is 16.5. The third kappa shape index (κ3) is 7.14. The number of nitrogens with zero attached hydrogens (tertiary/aromatic N) is 3. The van der Waals surface area contributed by atoms with Crippen LogP contribution in [0.3, 0.4) is 0 Å². The van der Waals surface area contributed by atoms with Crippen LogP contribution in [0.4, 0.5) is 5.69 Å². The molecule has 0 aliphatic carbocycles. The Morgan fingerprint density at radius 3 is 2.38 bits per heavy atom. The molecule has 7 heteroatoms. The van der Waals surface area contributed by atoms with Crippen molar-refractivity contribution in [2.45, 2.75) is 20.1 Å². The number of hydrogen-bond donors (Lipinski definition) is 1. The third-order valence-corrected chi connectivity index (χ3v) is 5.52. The molecule has 0 bridgehead atoms. The molecule has 1 saturated heterocycles. The first kappa shape index (κ1) is 23.9. The summed E-state index contributed by atoms with van der Waals surface area (Å²) in [7, 11) is 3.54. The summed E-state index contributed by atoms with van der Waals surface area (Å²) in [4.78, 5) is 9.23. The second-order valence-electron chi connectivity index (χ2n) is 7.64. The zero-order valence-electron chi connectivity index (χ0n) is 19.5. The zero-order valence-corrected chi connectivity index (χ0v) is 19.5. The van der Waals surface area contributed by atoms with E-state index < -0.39 is 0 Å². The predicted octanol–water partition coefficient (Wildman–Crippen LogP) is 3.15. The first-order valence-electron chi connectivity index (χ1n) is 11.3. The van der Waals surface area contributed by atoms with Crippen molar-refractivity contribution in [2.75, 3.05) is 65.1 Å². The van der Waals surface area contributed by atoms with Crippen LogP contribution in [0.2, 0.25) is 0 Å². The summed E-state index contributed by atoms with van der Waals surface area (Å²) in [6.07, 6.45) is 0. The standard InChI is InChI=1S/C25H36N4O3/c1-4-31-16-17-32-20-22-7-5-6-21(18-22)19-27-25(26-2)29-14-12-28(13-15-29)23-8-10-24(30-3)11-9-23/h5-11,18H,4,12-17,19-20H2,1-3H3,(H,26,27). The number of aliphatic imine (C=N–C) groups is 1. The van der Waals surface area contributed by atoms with E-state index in [1.54, 1.807) is 7.11 Å². The van der Waals surface area contributed by atoms with E-state index in [1.807, 2.05) is 26.1 Å². The van der Waals surface area contributed by atoms with Gasteiger partial charge in [0.2, 0.25) is 0 Å². The van der Waals surface area contributed by atoms with Crippen LogP contribution in [-0.2, 0) is 22.6 Å².